The van der Waals surface area contributed by atoms with Gasteiger partial charge >= 0.3 is 11.7 Å². The van der Waals surface area contributed by atoms with Gasteiger partial charge in [-0.2, -0.15) is 4.98 Å². The van der Waals surface area contributed by atoms with Crippen LogP contribution in [0.2, 0.25) is 0 Å². The van der Waals surface area contributed by atoms with Crippen LogP contribution in [0, 0.1) is 19.3 Å². The molecule has 1 aliphatic rings. The van der Waals surface area contributed by atoms with Gasteiger partial charge in [0.15, 0.2) is 0 Å². The molecule has 0 radical (unpaired) electrons. The molecule has 1 saturated carbocycles. The molecular weight excluding hydrogens is 268 g/mol. The molecule has 0 saturated heterocycles. The summed E-state index contributed by atoms with van der Waals surface area (Å²) in [4.78, 5) is 27.3. The van der Waals surface area contributed by atoms with Crippen LogP contribution in [-0.2, 0) is 17.8 Å². The predicted molar refractivity (Wildman–Crippen MR) is 80.5 cm³/mol. The summed E-state index contributed by atoms with van der Waals surface area (Å²) in [5.74, 6) is -0.890. The average molecular weight is 292 g/mol. The fraction of sp³-hybridized carbons (Fsp3) is 0.688. The monoisotopic (exact) mass is 292 g/mol. The minimum absolute atomic E-state index is 0.0793. The van der Waals surface area contributed by atoms with Gasteiger partial charge in [-0.3, -0.25) is 9.36 Å². The normalized spacial score (nSPS) is 17.1. The number of aliphatic carboxylic acids is 1. The number of hydrogen-bond donors (Lipinski definition) is 1. The van der Waals surface area contributed by atoms with Crippen LogP contribution in [0.25, 0.3) is 0 Å². The van der Waals surface area contributed by atoms with E-state index in [2.05, 4.69) is 11.9 Å². The Kier molecular flexibility index (Phi) is 4.49. The molecule has 0 bridgehead atoms. The van der Waals surface area contributed by atoms with E-state index >= 15 is 0 Å². The van der Waals surface area contributed by atoms with E-state index in [1.165, 1.54) is 12.8 Å². The van der Waals surface area contributed by atoms with Gasteiger partial charge in [0, 0.05) is 23.5 Å². The molecule has 1 aromatic heterocycles. The summed E-state index contributed by atoms with van der Waals surface area (Å²) in [6.45, 7) is 6.38. The van der Waals surface area contributed by atoms with Crippen molar-refractivity contribution in [3.8, 4) is 0 Å². The summed E-state index contributed by atoms with van der Waals surface area (Å²) in [5, 5.41) is 9.04. The number of aromatic nitrogens is 2. The third kappa shape index (κ3) is 3.17. The molecule has 1 aromatic rings. The van der Waals surface area contributed by atoms with Gasteiger partial charge in [0.2, 0.25) is 0 Å². The highest BCUT2D eigenvalue weighted by atomic mass is 16.4. The zero-order valence-corrected chi connectivity index (χ0v) is 13.1. The van der Waals surface area contributed by atoms with Crippen LogP contribution in [0.4, 0.5) is 0 Å². The Morgan fingerprint density at radius 2 is 1.95 bits per heavy atom. The highest BCUT2D eigenvalue weighted by Gasteiger charge is 2.33. The lowest BCUT2D eigenvalue weighted by Gasteiger charge is -2.29. The minimum atomic E-state index is -0.890. The van der Waals surface area contributed by atoms with Crippen LogP contribution < -0.4 is 5.69 Å². The molecule has 5 nitrogen and oxygen atoms in total. The Morgan fingerprint density at radius 3 is 2.48 bits per heavy atom. The van der Waals surface area contributed by atoms with E-state index in [4.69, 9.17) is 5.11 Å². The zero-order chi connectivity index (χ0) is 15.6. The standard InChI is InChI=1S/C16H24N2O3/c1-4-16(7-5-6-8-16)10-18-12(3)13(9-14(19)20)11(2)17-15(18)21/h4-10H2,1-3H3,(H,19,20). The van der Waals surface area contributed by atoms with Crippen molar-refractivity contribution in [1.82, 2.24) is 9.55 Å². The van der Waals surface area contributed by atoms with Crippen molar-refractivity contribution in [3.05, 3.63) is 27.4 Å². The predicted octanol–water partition coefficient (Wildman–Crippen LogP) is 2.46. The molecule has 0 spiro atoms. The van der Waals surface area contributed by atoms with E-state index in [1.807, 2.05) is 6.92 Å². The van der Waals surface area contributed by atoms with Crippen LogP contribution in [0.5, 0.6) is 0 Å². The van der Waals surface area contributed by atoms with Crippen molar-refractivity contribution in [2.45, 2.75) is 65.8 Å². The lowest BCUT2D eigenvalue weighted by Crippen LogP contribution is -2.34. The summed E-state index contributed by atoms with van der Waals surface area (Å²) in [6.07, 6.45) is 5.66. The van der Waals surface area contributed by atoms with Gasteiger partial charge in [-0.15, -0.1) is 0 Å². The molecular formula is C16H24N2O3. The van der Waals surface area contributed by atoms with E-state index in [0.717, 1.165) is 25.0 Å². The number of rotatable bonds is 5. The molecule has 1 aliphatic carbocycles. The summed E-state index contributed by atoms with van der Waals surface area (Å²) in [5.41, 5.74) is 1.89. The van der Waals surface area contributed by atoms with Crippen LogP contribution in [0.1, 0.15) is 56.0 Å². The molecule has 0 atom stereocenters. The third-order valence-corrected chi connectivity index (χ3v) is 5.01. The van der Waals surface area contributed by atoms with Gasteiger partial charge in [0.05, 0.1) is 6.42 Å². The number of carboxylic acid groups (broad SMARTS) is 1. The van der Waals surface area contributed by atoms with Gasteiger partial charge in [-0.25, -0.2) is 4.79 Å². The SMILES string of the molecule is CCC1(Cn2c(C)c(CC(=O)O)c(C)nc2=O)CCCC1. The number of aryl methyl sites for hydroxylation is 1. The van der Waals surface area contributed by atoms with Gasteiger partial charge in [0.1, 0.15) is 0 Å². The van der Waals surface area contributed by atoms with Crippen molar-refractivity contribution in [3.63, 3.8) is 0 Å². The summed E-state index contributed by atoms with van der Waals surface area (Å²) < 4.78 is 1.69. The first-order valence-corrected chi connectivity index (χ1v) is 7.67. The van der Waals surface area contributed by atoms with Crippen molar-refractivity contribution in [2.75, 3.05) is 0 Å². The highest BCUT2D eigenvalue weighted by molar-refractivity contribution is 5.70. The van der Waals surface area contributed by atoms with E-state index in [0.29, 0.717) is 17.8 Å². The number of carbonyl (C=O) groups is 1. The molecule has 0 aromatic carbocycles. The number of carboxylic acids is 1. The third-order valence-electron chi connectivity index (χ3n) is 5.01. The zero-order valence-electron chi connectivity index (χ0n) is 13.1. The Balaban J connectivity index is 2.43. The molecule has 2 rings (SSSR count). The molecule has 0 unspecified atom stereocenters. The fourth-order valence-corrected chi connectivity index (χ4v) is 3.52. The van der Waals surface area contributed by atoms with E-state index in [1.54, 1.807) is 11.5 Å². The van der Waals surface area contributed by atoms with Crippen molar-refractivity contribution < 1.29 is 9.90 Å². The topological polar surface area (TPSA) is 72.2 Å². The Bertz CT molecular complexity index is 598. The molecule has 1 fully saturated rings. The maximum atomic E-state index is 12.2. The first kappa shape index (κ1) is 15.7. The largest absolute Gasteiger partial charge is 0.481 e. The van der Waals surface area contributed by atoms with Gasteiger partial charge in [-0.1, -0.05) is 19.8 Å². The number of hydrogen-bond acceptors (Lipinski definition) is 3. The molecule has 1 N–H and O–H groups in total. The Labute approximate surface area is 125 Å². The van der Waals surface area contributed by atoms with Gasteiger partial charge in [-0.05, 0) is 38.5 Å². The second-order valence-corrected chi connectivity index (χ2v) is 6.26. The van der Waals surface area contributed by atoms with E-state index < -0.39 is 5.97 Å². The van der Waals surface area contributed by atoms with Crippen LogP contribution in [0.15, 0.2) is 4.79 Å². The maximum absolute atomic E-state index is 12.2. The molecule has 21 heavy (non-hydrogen) atoms. The van der Waals surface area contributed by atoms with Crippen molar-refractivity contribution in [2.24, 2.45) is 5.41 Å². The quantitative estimate of drug-likeness (QED) is 0.904. The average Bonchev–Trinajstić information content (AvgIpc) is 2.89. The van der Waals surface area contributed by atoms with Crippen molar-refractivity contribution >= 4 is 5.97 Å². The summed E-state index contributed by atoms with van der Waals surface area (Å²) >= 11 is 0. The second-order valence-electron chi connectivity index (χ2n) is 6.26. The molecule has 5 heteroatoms. The molecule has 116 valence electrons. The second kappa shape index (κ2) is 6.00. The summed E-state index contributed by atoms with van der Waals surface area (Å²) in [7, 11) is 0. The first-order chi connectivity index (χ1) is 9.88. The van der Waals surface area contributed by atoms with Gasteiger partial charge in [0.25, 0.3) is 0 Å². The maximum Gasteiger partial charge on any atom is 0.347 e. The summed E-state index contributed by atoms with van der Waals surface area (Å²) in [6, 6.07) is 0. The molecule has 0 amide bonds. The smallest absolute Gasteiger partial charge is 0.347 e. The van der Waals surface area contributed by atoms with E-state index in [-0.39, 0.29) is 17.5 Å². The van der Waals surface area contributed by atoms with Crippen LogP contribution in [0.3, 0.4) is 0 Å². The van der Waals surface area contributed by atoms with Crippen LogP contribution in [-0.4, -0.2) is 20.6 Å². The lowest BCUT2D eigenvalue weighted by molar-refractivity contribution is -0.136. The Hall–Kier alpha value is -1.65. The van der Waals surface area contributed by atoms with E-state index in [9.17, 15) is 9.59 Å². The van der Waals surface area contributed by atoms with Crippen molar-refractivity contribution in [1.29, 1.82) is 0 Å². The highest BCUT2D eigenvalue weighted by Crippen LogP contribution is 2.42. The fourth-order valence-electron chi connectivity index (χ4n) is 3.52. The minimum Gasteiger partial charge on any atom is -0.481 e. The number of nitrogens with zero attached hydrogens (tertiary/aromatic N) is 2. The van der Waals surface area contributed by atoms with Crippen LogP contribution >= 0.6 is 0 Å². The molecule has 1 heterocycles. The van der Waals surface area contributed by atoms with Gasteiger partial charge < -0.3 is 5.11 Å². The first-order valence-electron chi connectivity index (χ1n) is 7.67. The lowest BCUT2D eigenvalue weighted by atomic mass is 9.83. The molecule has 0 aliphatic heterocycles. The Morgan fingerprint density at radius 1 is 1.33 bits per heavy atom.